The third-order valence-electron chi connectivity index (χ3n) is 4.73. The highest BCUT2D eigenvalue weighted by atomic mass is 35.5. The number of halogens is 1. The number of nitrogens with zero attached hydrogens (tertiary/aromatic N) is 1. The average molecular weight is 435 g/mol. The molecule has 1 heterocycles. The summed E-state index contributed by atoms with van der Waals surface area (Å²) in [6.07, 6.45) is 0. The number of sulfonamides is 1. The van der Waals surface area contributed by atoms with Gasteiger partial charge in [-0.05, 0) is 30.0 Å². The Balaban J connectivity index is 2.01. The van der Waals surface area contributed by atoms with Crippen LogP contribution >= 0.6 is 11.6 Å². The van der Waals surface area contributed by atoms with Crippen molar-refractivity contribution in [2.24, 2.45) is 4.40 Å². The van der Waals surface area contributed by atoms with Crippen LogP contribution in [-0.4, -0.2) is 28.5 Å². The number of hydrogen-bond donors (Lipinski definition) is 1. The first kappa shape index (κ1) is 21.2. The molecule has 0 atom stereocenters. The Morgan fingerprint density at radius 3 is 2.21 bits per heavy atom. The summed E-state index contributed by atoms with van der Waals surface area (Å²) in [6, 6.07) is 10.7. The number of nitrogens with one attached hydrogen (secondary N) is 1. The maximum atomic E-state index is 12.8. The summed E-state index contributed by atoms with van der Waals surface area (Å²) in [7, 11) is -0.817. The van der Waals surface area contributed by atoms with Crippen molar-refractivity contribution in [2.75, 3.05) is 19.5 Å². The summed E-state index contributed by atoms with van der Waals surface area (Å²) in [5.74, 6) is 1.50. The maximum Gasteiger partial charge on any atom is 0.285 e. The minimum Gasteiger partial charge on any atom is -0.495 e. The molecule has 0 radical (unpaired) electrons. The number of ether oxygens (including phenoxy) is 2. The largest absolute Gasteiger partial charge is 0.495 e. The first-order chi connectivity index (χ1) is 13.7. The first-order valence-corrected chi connectivity index (χ1v) is 10.8. The van der Waals surface area contributed by atoms with Crippen molar-refractivity contribution >= 4 is 38.1 Å². The van der Waals surface area contributed by atoms with Gasteiger partial charge in [-0.1, -0.05) is 49.7 Å². The Morgan fingerprint density at radius 1 is 1.03 bits per heavy atom. The number of benzene rings is 2. The molecule has 154 valence electrons. The molecule has 0 aromatic heterocycles. The molecule has 1 aliphatic rings. The average Bonchev–Trinajstić information content (AvgIpc) is 2.90. The van der Waals surface area contributed by atoms with E-state index in [0.29, 0.717) is 39.3 Å². The fourth-order valence-electron chi connectivity index (χ4n) is 3.12. The van der Waals surface area contributed by atoms with Crippen LogP contribution in [0.15, 0.2) is 46.4 Å². The molecule has 0 amide bonds. The van der Waals surface area contributed by atoms with Crippen LogP contribution < -0.4 is 14.8 Å². The van der Waals surface area contributed by atoms with E-state index in [9.17, 15) is 8.42 Å². The predicted octanol–water partition coefficient (Wildman–Crippen LogP) is 5.07. The summed E-state index contributed by atoms with van der Waals surface area (Å²) < 4.78 is 40.0. The second kappa shape index (κ2) is 8.08. The zero-order chi connectivity index (χ0) is 21.3. The van der Waals surface area contributed by atoms with E-state index in [1.165, 1.54) is 14.2 Å². The van der Waals surface area contributed by atoms with Crippen LogP contribution in [-0.2, 0) is 10.0 Å². The van der Waals surface area contributed by atoms with Gasteiger partial charge in [0, 0.05) is 11.6 Å². The SMILES string of the molecule is COc1cc(OC)c(NC2=NS(=O)(=O)C(c3ccc(C(C)C)cc3)=C2C)cc1Cl. The van der Waals surface area contributed by atoms with Crippen LogP contribution in [0.25, 0.3) is 4.91 Å². The Labute approximate surface area is 176 Å². The molecule has 0 spiro atoms. The second-order valence-corrected chi connectivity index (χ2v) is 8.91. The number of methoxy groups -OCH3 is 2. The molecule has 6 nitrogen and oxygen atoms in total. The summed E-state index contributed by atoms with van der Waals surface area (Å²) >= 11 is 6.21. The molecule has 0 unspecified atom stereocenters. The van der Waals surface area contributed by atoms with E-state index in [-0.39, 0.29) is 10.7 Å². The zero-order valence-corrected chi connectivity index (χ0v) is 18.5. The number of rotatable bonds is 5. The van der Waals surface area contributed by atoms with Crippen LogP contribution in [0.5, 0.6) is 11.5 Å². The monoisotopic (exact) mass is 434 g/mol. The van der Waals surface area contributed by atoms with Gasteiger partial charge in [0.1, 0.15) is 22.2 Å². The van der Waals surface area contributed by atoms with Crippen LogP contribution in [0.4, 0.5) is 5.69 Å². The Bertz CT molecular complexity index is 1100. The molecule has 8 heteroatoms. The smallest absolute Gasteiger partial charge is 0.285 e. The number of anilines is 1. The highest BCUT2D eigenvalue weighted by Crippen LogP contribution is 2.38. The molecule has 0 saturated heterocycles. The fraction of sp³-hybridized carbons (Fsp3) is 0.286. The van der Waals surface area contributed by atoms with Gasteiger partial charge in [0.15, 0.2) is 0 Å². The molecule has 1 aliphatic heterocycles. The van der Waals surface area contributed by atoms with Gasteiger partial charge in [0.05, 0.1) is 24.9 Å². The lowest BCUT2D eigenvalue weighted by Crippen LogP contribution is -2.12. The van der Waals surface area contributed by atoms with Gasteiger partial charge in [-0.2, -0.15) is 8.42 Å². The van der Waals surface area contributed by atoms with Crippen molar-refractivity contribution in [3.8, 4) is 11.5 Å². The van der Waals surface area contributed by atoms with E-state index in [4.69, 9.17) is 21.1 Å². The van der Waals surface area contributed by atoms with E-state index >= 15 is 0 Å². The molecule has 0 fully saturated rings. The lowest BCUT2D eigenvalue weighted by atomic mass is 10.0. The van der Waals surface area contributed by atoms with Gasteiger partial charge in [-0.15, -0.1) is 4.40 Å². The van der Waals surface area contributed by atoms with Gasteiger partial charge >= 0.3 is 0 Å². The lowest BCUT2D eigenvalue weighted by Gasteiger charge is -2.14. The lowest BCUT2D eigenvalue weighted by molar-refractivity contribution is 0.396. The predicted molar refractivity (Wildman–Crippen MR) is 118 cm³/mol. The van der Waals surface area contributed by atoms with Crippen molar-refractivity contribution in [1.82, 2.24) is 0 Å². The van der Waals surface area contributed by atoms with Crippen LogP contribution in [0.1, 0.15) is 37.8 Å². The Hall–Kier alpha value is -2.51. The zero-order valence-electron chi connectivity index (χ0n) is 16.9. The minimum atomic E-state index is -3.83. The second-order valence-electron chi connectivity index (χ2n) is 6.96. The maximum absolute atomic E-state index is 12.8. The summed E-state index contributed by atoms with van der Waals surface area (Å²) in [4.78, 5) is 0.189. The van der Waals surface area contributed by atoms with Crippen molar-refractivity contribution in [2.45, 2.75) is 26.7 Å². The van der Waals surface area contributed by atoms with Crippen LogP contribution in [0, 0.1) is 0 Å². The van der Waals surface area contributed by atoms with Gasteiger partial charge in [-0.3, -0.25) is 0 Å². The van der Waals surface area contributed by atoms with E-state index in [2.05, 4.69) is 23.6 Å². The summed E-state index contributed by atoms with van der Waals surface area (Å²) in [6.45, 7) is 5.90. The highest BCUT2D eigenvalue weighted by Gasteiger charge is 2.31. The molecular formula is C21H23ClN2O4S. The van der Waals surface area contributed by atoms with E-state index < -0.39 is 10.0 Å². The van der Waals surface area contributed by atoms with Crippen molar-refractivity contribution < 1.29 is 17.9 Å². The van der Waals surface area contributed by atoms with Crippen molar-refractivity contribution in [3.63, 3.8) is 0 Å². The topological polar surface area (TPSA) is 77.0 Å². The van der Waals surface area contributed by atoms with Crippen molar-refractivity contribution in [1.29, 1.82) is 0 Å². The van der Waals surface area contributed by atoms with E-state index in [1.54, 1.807) is 19.1 Å². The molecular weight excluding hydrogens is 412 g/mol. The molecule has 3 rings (SSSR count). The fourth-order valence-corrected chi connectivity index (χ4v) is 4.79. The number of hydrogen-bond acceptors (Lipinski definition) is 5. The first-order valence-electron chi connectivity index (χ1n) is 9.03. The quantitative estimate of drug-likeness (QED) is 0.711. The van der Waals surface area contributed by atoms with Gasteiger partial charge < -0.3 is 14.8 Å². The molecule has 1 N–H and O–H groups in total. The summed E-state index contributed by atoms with van der Waals surface area (Å²) in [5, 5.41) is 3.40. The summed E-state index contributed by atoms with van der Waals surface area (Å²) in [5.41, 5.74) is 2.76. The number of amidine groups is 1. The molecule has 2 aromatic rings. The molecule has 0 bridgehead atoms. The standard InChI is InChI=1S/C21H23ClN2O4S/c1-12(2)14-6-8-15(9-7-14)20-13(3)21(24-29(20,25)26)23-17-10-16(22)18(27-4)11-19(17)28-5/h6-12H,1-5H3,(H,23,24). The van der Waals surface area contributed by atoms with Crippen LogP contribution in [0.3, 0.4) is 0 Å². The molecule has 0 aliphatic carbocycles. The third kappa shape index (κ3) is 4.11. The van der Waals surface area contributed by atoms with Crippen LogP contribution in [0.2, 0.25) is 5.02 Å². The molecule has 29 heavy (non-hydrogen) atoms. The Morgan fingerprint density at radius 2 is 1.66 bits per heavy atom. The normalized spacial score (nSPS) is 15.5. The third-order valence-corrected chi connectivity index (χ3v) is 6.51. The molecule has 0 saturated carbocycles. The van der Waals surface area contributed by atoms with Gasteiger partial charge in [0.2, 0.25) is 0 Å². The highest BCUT2D eigenvalue weighted by molar-refractivity contribution is 8.00. The minimum absolute atomic E-state index is 0.189. The van der Waals surface area contributed by atoms with Crippen molar-refractivity contribution in [3.05, 3.63) is 58.1 Å². The van der Waals surface area contributed by atoms with E-state index in [0.717, 1.165) is 5.56 Å². The van der Waals surface area contributed by atoms with Gasteiger partial charge in [0.25, 0.3) is 10.0 Å². The molecule has 2 aromatic carbocycles. The Kier molecular flexibility index (Phi) is 5.91. The van der Waals surface area contributed by atoms with E-state index in [1.807, 2.05) is 24.3 Å². The van der Waals surface area contributed by atoms with Gasteiger partial charge in [-0.25, -0.2) is 0 Å².